The van der Waals surface area contributed by atoms with Gasteiger partial charge >= 0.3 is 12.6 Å². The van der Waals surface area contributed by atoms with Gasteiger partial charge in [-0.2, -0.15) is 8.78 Å². The molecule has 1 aromatic heterocycles. The molecular weight excluding hydrogens is 462 g/mol. The van der Waals surface area contributed by atoms with Gasteiger partial charge in [0.25, 0.3) is 0 Å². The minimum absolute atomic E-state index is 0.00674. The first-order chi connectivity index (χ1) is 16.8. The van der Waals surface area contributed by atoms with Gasteiger partial charge in [-0.15, -0.1) is 0 Å². The van der Waals surface area contributed by atoms with Crippen LogP contribution in [0.2, 0.25) is 0 Å². The number of phenolic OH excluding ortho intramolecular Hbond substituents is 2. The number of aromatic hydroxyl groups is 2. The van der Waals surface area contributed by atoms with E-state index in [1.54, 1.807) is 36.4 Å². The monoisotopic (exact) mass is 482 g/mol. The summed E-state index contributed by atoms with van der Waals surface area (Å²) in [6.45, 7) is -3.07. The van der Waals surface area contributed by atoms with Crippen LogP contribution >= 0.6 is 0 Å². The Balaban J connectivity index is 2.00. The van der Waals surface area contributed by atoms with Crippen molar-refractivity contribution in [3.8, 4) is 28.6 Å². The molecule has 0 aliphatic carbocycles. The van der Waals surface area contributed by atoms with E-state index in [1.807, 2.05) is 0 Å². The lowest BCUT2D eigenvalue weighted by Gasteiger charge is -2.21. The smallest absolute Gasteiger partial charge is 0.387 e. The highest BCUT2D eigenvalue weighted by molar-refractivity contribution is 5.90. The van der Waals surface area contributed by atoms with Crippen LogP contribution in [-0.4, -0.2) is 29.9 Å². The molecule has 1 heterocycles. The maximum atomic E-state index is 13.0. The minimum Gasteiger partial charge on any atom is -0.507 e. The lowest BCUT2D eigenvalue weighted by molar-refractivity contribution is -0.140. The predicted molar refractivity (Wildman–Crippen MR) is 123 cm³/mol. The lowest BCUT2D eigenvalue weighted by Crippen LogP contribution is -2.13. The van der Waals surface area contributed by atoms with Gasteiger partial charge in [0.1, 0.15) is 34.0 Å². The average Bonchev–Trinajstić information content (AvgIpc) is 2.83. The highest BCUT2D eigenvalue weighted by atomic mass is 19.3. The van der Waals surface area contributed by atoms with Crippen molar-refractivity contribution in [2.45, 2.75) is 19.0 Å². The topological polar surface area (TPSA) is 106 Å². The summed E-state index contributed by atoms with van der Waals surface area (Å²) in [4.78, 5) is 25.3. The van der Waals surface area contributed by atoms with E-state index < -0.39 is 35.4 Å². The second kappa shape index (κ2) is 9.84. The van der Waals surface area contributed by atoms with Gasteiger partial charge in [-0.25, -0.2) is 0 Å². The summed E-state index contributed by atoms with van der Waals surface area (Å²) < 4.78 is 40.9. The number of phenols is 2. The number of esters is 1. The number of alkyl halides is 2. The molecule has 2 N–H and O–H groups in total. The van der Waals surface area contributed by atoms with E-state index in [9.17, 15) is 28.6 Å². The number of methoxy groups -OCH3 is 1. The van der Waals surface area contributed by atoms with E-state index in [-0.39, 0.29) is 34.5 Å². The number of carbonyl (C=O) groups is 1. The Labute approximate surface area is 197 Å². The maximum absolute atomic E-state index is 13.0. The lowest BCUT2D eigenvalue weighted by atomic mass is 9.86. The van der Waals surface area contributed by atoms with Crippen LogP contribution in [0.5, 0.6) is 17.2 Å². The van der Waals surface area contributed by atoms with Crippen LogP contribution in [0.4, 0.5) is 8.78 Å². The van der Waals surface area contributed by atoms with Crippen molar-refractivity contribution in [2.24, 2.45) is 0 Å². The first-order valence-corrected chi connectivity index (χ1v) is 10.5. The van der Waals surface area contributed by atoms with E-state index in [2.05, 4.69) is 4.74 Å². The number of ether oxygens (including phenoxy) is 2. The highest BCUT2D eigenvalue weighted by Crippen LogP contribution is 2.43. The van der Waals surface area contributed by atoms with E-state index >= 15 is 0 Å². The largest absolute Gasteiger partial charge is 0.507 e. The fourth-order valence-corrected chi connectivity index (χ4v) is 3.95. The number of carbonyl (C=O) groups excluding carboxylic acids is 1. The van der Waals surface area contributed by atoms with Crippen molar-refractivity contribution in [2.75, 3.05) is 7.11 Å². The minimum atomic E-state index is -3.07. The molecule has 0 aliphatic rings. The zero-order valence-electron chi connectivity index (χ0n) is 18.4. The first-order valence-electron chi connectivity index (χ1n) is 10.5. The Bertz CT molecular complexity index is 1430. The molecule has 0 amide bonds. The quantitative estimate of drug-likeness (QED) is 0.350. The van der Waals surface area contributed by atoms with Gasteiger partial charge in [-0.1, -0.05) is 42.5 Å². The third-order valence-electron chi connectivity index (χ3n) is 5.49. The average molecular weight is 482 g/mol. The molecule has 0 saturated heterocycles. The fraction of sp³-hybridized carbons (Fsp3) is 0.154. The van der Waals surface area contributed by atoms with Crippen LogP contribution in [-0.2, 0) is 9.53 Å². The van der Waals surface area contributed by atoms with E-state index in [4.69, 9.17) is 9.15 Å². The summed E-state index contributed by atoms with van der Waals surface area (Å²) in [5.74, 6) is -2.64. The Kier molecular flexibility index (Phi) is 6.68. The van der Waals surface area contributed by atoms with Gasteiger partial charge in [0, 0.05) is 29.2 Å². The maximum Gasteiger partial charge on any atom is 0.387 e. The molecule has 35 heavy (non-hydrogen) atoms. The Hall–Kier alpha value is -4.40. The Morgan fingerprint density at radius 1 is 1.00 bits per heavy atom. The molecule has 1 atom stereocenters. The number of hydrogen-bond acceptors (Lipinski definition) is 7. The Morgan fingerprint density at radius 2 is 1.74 bits per heavy atom. The molecule has 7 nitrogen and oxygen atoms in total. The van der Waals surface area contributed by atoms with E-state index in [0.717, 1.165) is 6.07 Å². The summed E-state index contributed by atoms with van der Waals surface area (Å²) in [6, 6.07) is 16.5. The second-order valence-electron chi connectivity index (χ2n) is 7.66. The summed E-state index contributed by atoms with van der Waals surface area (Å²) in [6.07, 6.45) is -0.332. The molecule has 3 aromatic carbocycles. The van der Waals surface area contributed by atoms with E-state index in [0.29, 0.717) is 11.1 Å². The molecule has 0 aliphatic heterocycles. The van der Waals surface area contributed by atoms with Crippen molar-refractivity contribution in [3.63, 3.8) is 0 Å². The van der Waals surface area contributed by atoms with Gasteiger partial charge in [-0.3, -0.25) is 9.59 Å². The molecule has 180 valence electrons. The van der Waals surface area contributed by atoms with Gasteiger partial charge in [0.2, 0.25) is 0 Å². The van der Waals surface area contributed by atoms with Crippen LogP contribution in [0.3, 0.4) is 0 Å². The normalized spacial score (nSPS) is 12.0. The summed E-state index contributed by atoms with van der Waals surface area (Å²) >= 11 is 0. The van der Waals surface area contributed by atoms with Gasteiger partial charge < -0.3 is 24.1 Å². The molecule has 0 fully saturated rings. The number of hydrogen-bond donors (Lipinski definition) is 2. The van der Waals surface area contributed by atoms with Crippen molar-refractivity contribution < 1.29 is 37.7 Å². The van der Waals surface area contributed by atoms with Crippen LogP contribution in [0.15, 0.2) is 75.9 Å². The van der Waals surface area contributed by atoms with Crippen LogP contribution in [0, 0.1) is 0 Å². The zero-order valence-corrected chi connectivity index (χ0v) is 18.4. The van der Waals surface area contributed by atoms with Crippen molar-refractivity contribution in [1.29, 1.82) is 0 Å². The van der Waals surface area contributed by atoms with Crippen molar-refractivity contribution in [1.82, 2.24) is 0 Å². The molecule has 0 bridgehead atoms. The van der Waals surface area contributed by atoms with Gasteiger partial charge in [0.15, 0.2) is 5.43 Å². The summed E-state index contributed by atoms with van der Waals surface area (Å²) in [7, 11) is 1.18. The number of halogens is 2. The molecule has 4 rings (SSSR count). The summed E-state index contributed by atoms with van der Waals surface area (Å²) in [5.41, 5.74) is 0.159. The number of benzene rings is 3. The van der Waals surface area contributed by atoms with Crippen molar-refractivity contribution >= 4 is 16.9 Å². The van der Waals surface area contributed by atoms with Crippen LogP contribution in [0.1, 0.15) is 23.5 Å². The van der Waals surface area contributed by atoms with Crippen molar-refractivity contribution in [3.05, 3.63) is 88.1 Å². The predicted octanol–water partition coefficient (Wildman–Crippen LogP) is 5.17. The number of rotatable bonds is 7. The summed E-state index contributed by atoms with van der Waals surface area (Å²) in [5, 5.41) is 21.1. The van der Waals surface area contributed by atoms with Crippen LogP contribution in [0.25, 0.3) is 22.3 Å². The molecule has 9 heteroatoms. The van der Waals surface area contributed by atoms with E-state index in [1.165, 1.54) is 31.4 Å². The van der Waals surface area contributed by atoms with Gasteiger partial charge in [0.05, 0.1) is 13.5 Å². The molecule has 0 saturated carbocycles. The molecule has 0 spiro atoms. The first kappa shape index (κ1) is 23.7. The number of fused-ring (bicyclic) bond motifs is 1. The SMILES string of the molecule is COC(=O)C[C@@H](c1cccc(OC(F)F)c1)c1c(O)cc(O)c2c(=O)cc(-c3ccccc3)oc12. The third-order valence-corrected chi connectivity index (χ3v) is 5.49. The second-order valence-corrected chi connectivity index (χ2v) is 7.66. The Morgan fingerprint density at radius 3 is 2.43 bits per heavy atom. The molecular formula is C26H20F2O7. The fourth-order valence-electron chi connectivity index (χ4n) is 3.95. The molecule has 0 unspecified atom stereocenters. The standard InChI is InChI=1S/C26H20F2O7/c1-33-22(32)11-17(15-8-5-9-16(10-15)34-26(27)28)23-18(29)12-19(30)24-20(31)13-21(35-25(23)24)14-6-3-2-4-7-14/h2-10,12-13,17,26,29-30H,11H2,1H3/t17-/m0/s1. The zero-order chi connectivity index (χ0) is 25.1. The molecule has 4 aromatic rings. The highest BCUT2D eigenvalue weighted by Gasteiger charge is 2.28. The molecule has 0 radical (unpaired) electrons. The third kappa shape index (κ3) is 4.93. The van der Waals surface area contributed by atoms with Crippen LogP contribution < -0.4 is 10.2 Å². The van der Waals surface area contributed by atoms with Gasteiger partial charge in [-0.05, 0) is 17.7 Å².